The number of carbonyl (C=O) groups is 1. The lowest BCUT2D eigenvalue weighted by molar-refractivity contribution is -0.130. The van der Waals surface area contributed by atoms with Crippen LogP contribution in [0.15, 0.2) is 24.3 Å². The molecule has 0 unspecified atom stereocenters. The summed E-state index contributed by atoms with van der Waals surface area (Å²) in [5.41, 5.74) is 2.66. The highest BCUT2D eigenvalue weighted by molar-refractivity contribution is 5.86. The zero-order valence-corrected chi connectivity index (χ0v) is 10.6. The first-order valence-electron chi connectivity index (χ1n) is 5.71. The van der Waals surface area contributed by atoms with Crippen molar-refractivity contribution in [2.45, 2.75) is 39.0 Å². The third-order valence-corrected chi connectivity index (χ3v) is 2.54. The maximum Gasteiger partial charge on any atom is 0.381 e. The fraction of sp³-hybridized carbons (Fsp3) is 0.400. The number of benzene rings is 1. The summed E-state index contributed by atoms with van der Waals surface area (Å²) in [6.45, 7) is 6.53. The Kier molecular flexibility index (Phi) is 4.34. The molecule has 0 aromatic heterocycles. The first kappa shape index (κ1) is 13.3. The molecule has 0 saturated heterocycles. The van der Waals surface area contributed by atoms with Gasteiger partial charge in [-0.25, -0.2) is 4.79 Å². The Morgan fingerprint density at radius 1 is 1.29 bits per heavy atom. The van der Waals surface area contributed by atoms with E-state index in [0.717, 1.165) is 6.42 Å². The number of aryl methyl sites for hydroxylation is 1. The number of hydrogen-bond acceptors (Lipinski definition) is 1. The molecule has 1 aromatic carbocycles. The summed E-state index contributed by atoms with van der Waals surface area (Å²) in [6, 6.07) is 8.26. The molecule has 90 valence electrons. The van der Waals surface area contributed by atoms with Crippen LogP contribution in [-0.4, -0.2) is 11.1 Å². The lowest BCUT2D eigenvalue weighted by Crippen LogP contribution is -2.14. The Morgan fingerprint density at radius 3 is 2.53 bits per heavy atom. The quantitative estimate of drug-likeness (QED) is 0.793. The van der Waals surface area contributed by atoms with E-state index in [0.29, 0.717) is 6.42 Å². The van der Waals surface area contributed by atoms with Gasteiger partial charge in [-0.3, -0.25) is 0 Å². The molecule has 0 heterocycles. The first-order valence-corrected chi connectivity index (χ1v) is 5.71. The molecule has 1 aromatic rings. The van der Waals surface area contributed by atoms with Gasteiger partial charge in [0.25, 0.3) is 0 Å². The topological polar surface area (TPSA) is 37.3 Å². The van der Waals surface area contributed by atoms with Crippen LogP contribution in [0.5, 0.6) is 0 Å². The Hall–Kier alpha value is -1.75. The van der Waals surface area contributed by atoms with E-state index in [9.17, 15) is 4.79 Å². The maximum absolute atomic E-state index is 10.3. The van der Waals surface area contributed by atoms with E-state index in [-0.39, 0.29) is 5.41 Å². The van der Waals surface area contributed by atoms with Crippen LogP contribution in [0, 0.1) is 11.8 Å². The highest BCUT2D eigenvalue weighted by Gasteiger charge is 2.16. The third kappa shape index (κ3) is 4.32. The molecule has 0 spiro atoms. The maximum atomic E-state index is 10.3. The summed E-state index contributed by atoms with van der Waals surface area (Å²) in [5.74, 6) is 3.74. The van der Waals surface area contributed by atoms with E-state index in [1.54, 1.807) is 0 Å². The van der Waals surface area contributed by atoms with Crippen molar-refractivity contribution in [1.29, 1.82) is 0 Å². The van der Waals surface area contributed by atoms with Gasteiger partial charge in [0.1, 0.15) is 0 Å². The molecule has 0 radical (unpaired) electrons. The molecule has 0 aliphatic heterocycles. The van der Waals surface area contributed by atoms with Crippen molar-refractivity contribution in [2.24, 2.45) is 0 Å². The van der Waals surface area contributed by atoms with Gasteiger partial charge in [-0.15, -0.1) is 0 Å². The van der Waals surface area contributed by atoms with Crippen LogP contribution in [0.2, 0.25) is 0 Å². The molecular weight excluding hydrogens is 212 g/mol. The van der Waals surface area contributed by atoms with Crippen molar-refractivity contribution in [3.8, 4) is 11.8 Å². The van der Waals surface area contributed by atoms with E-state index in [1.807, 2.05) is 12.1 Å². The van der Waals surface area contributed by atoms with Crippen molar-refractivity contribution in [3.63, 3.8) is 0 Å². The number of carboxylic acid groups (broad SMARTS) is 1. The number of hydrogen-bond donors (Lipinski definition) is 1. The summed E-state index contributed by atoms with van der Waals surface area (Å²) in [4.78, 5) is 10.3. The molecule has 0 fully saturated rings. The van der Waals surface area contributed by atoms with Crippen molar-refractivity contribution in [3.05, 3.63) is 35.4 Å². The van der Waals surface area contributed by atoms with Crippen LogP contribution >= 0.6 is 0 Å². The van der Waals surface area contributed by atoms with E-state index in [1.165, 1.54) is 11.1 Å². The van der Waals surface area contributed by atoms with E-state index >= 15 is 0 Å². The number of carboxylic acids is 1. The predicted molar refractivity (Wildman–Crippen MR) is 68.9 cm³/mol. The Labute approximate surface area is 103 Å². The highest BCUT2D eigenvalue weighted by atomic mass is 16.4. The lowest BCUT2D eigenvalue weighted by Gasteiger charge is -2.22. The second-order valence-electron chi connectivity index (χ2n) is 5.01. The van der Waals surface area contributed by atoms with Crippen LogP contribution in [0.3, 0.4) is 0 Å². The van der Waals surface area contributed by atoms with Crippen molar-refractivity contribution in [2.75, 3.05) is 0 Å². The third-order valence-electron chi connectivity index (χ3n) is 2.54. The minimum absolute atomic E-state index is 0.108. The SMILES string of the molecule is CC(C)(C)c1ccccc1CCC#CC(=O)O. The van der Waals surface area contributed by atoms with Gasteiger partial charge in [0.15, 0.2) is 0 Å². The molecule has 2 heteroatoms. The average molecular weight is 230 g/mol. The van der Waals surface area contributed by atoms with Gasteiger partial charge in [0.2, 0.25) is 0 Å². The average Bonchev–Trinajstić information content (AvgIpc) is 2.23. The monoisotopic (exact) mass is 230 g/mol. The fourth-order valence-electron chi connectivity index (χ4n) is 1.81. The minimum atomic E-state index is -1.06. The molecule has 0 aliphatic rings. The molecule has 17 heavy (non-hydrogen) atoms. The molecular formula is C15H18O2. The highest BCUT2D eigenvalue weighted by Crippen LogP contribution is 2.26. The van der Waals surface area contributed by atoms with Crippen LogP contribution in [-0.2, 0) is 16.6 Å². The molecule has 0 amide bonds. The molecule has 1 N–H and O–H groups in total. The van der Waals surface area contributed by atoms with Crippen LogP contribution in [0.25, 0.3) is 0 Å². The normalized spacial score (nSPS) is 10.5. The van der Waals surface area contributed by atoms with Gasteiger partial charge in [0.05, 0.1) is 0 Å². The minimum Gasteiger partial charge on any atom is -0.472 e. The number of rotatable bonds is 2. The Morgan fingerprint density at radius 2 is 1.94 bits per heavy atom. The van der Waals surface area contributed by atoms with Crippen LogP contribution < -0.4 is 0 Å². The lowest BCUT2D eigenvalue weighted by atomic mass is 9.83. The van der Waals surface area contributed by atoms with Gasteiger partial charge in [-0.05, 0) is 23.0 Å². The Balaban J connectivity index is 2.79. The van der Waals surface area contributed by atoms with Crippen LogP contribution in [0.4, 0.5) is 0 Å². The summed E-state index contributed by atoms with van der Waals surface area (Å²) >= 11 is 0. The van der Waals surface area contributed by atoms with Crippen molar-refractivity contribution in [1.82, 2.24) is 0 Å². The summed E-state index contributed by atoms with van der Waals surface area (Å²) in [6.07, 6.45) is 1.38. The van der Waals surface area contributed by atoms with E-state index < -0.39 is 5.97 Å². The Bertz CT molecular complexity index is 456. The smallest absolute Gasteiger partial charge is 0.381 e. The molecule has 0 bridgehead atoms. The van der Waals surface area contributed by atoms with Crippen LogP contribution in [0.1, 0.15) is 38.3 Å². The second kappa shape index (κ2) is 5.54. The van der Waals surface area contributed by atoms with Gasteiger partial charge in [-0.2, -0.15) is 0 Å². The van der Waals surface area contributed by atoms with E-state index in [2.05, 4.69) is 44.7 Å². The predicted octanol–water partition coefficient (Wildman–Crippen LogP) is 3.00. The molecule has 1 rings (SSSR count). The van der Waals surface area contributed by atoms with Crippen molar-refractivity contribution < 1.29 is 9.90 Å². The van der Waals surface area contributed by atoms with Gasteiger partial charge in [-0.1, -0.05) is 51.0 Å². The van der Waals surface area contributed by atoms with E-state index in [4.69, 9.17) is 5.11 Å². The first-order chi connectivity index (χ1) is 7.91. The van der Waals surface area contributed by atoms with Crippen molar-refractivity contribution >= 4 is 5.97 Å². The summed E-state index contributed by atoms with van der Waals surface area (Å²) in [5, 5.41) is 8.42. The molecule has 0 atom stereocenters. The zero-order chi connectivity index (χ0) is 12.9. The molecule has 0 saturated carbocycles. The summed E-state index contributed by atoms with van der Waals surface area (Å²) < 4.78 is 0. The molecule has 0 aliphatic carbocycles. The summed E-state index contributed by atoms with van der Waals surface area (Å²) in [7, 11) is 0. The number of aliphatic carboxylic acids is 1. The van der Waals surface area contributed by atoms with Gasteiger partial charge < -0.3 is 5.11 Å². The standard InChI is InChI=1S/C15H18O2/c1-15(2,3)13-10-6-4-8-12(13)9-5-7-11-14(16)17/h4,6,8,10H,5,9H2,1-3H3,(H,16,17). The van der Waals surface area contributed by atoms with Gasteiger partial charge in [0, 0.05) is 12.3 Å². The molecule has 2 nitrogen and oxygen atoms in total. The zero-order valence-electron chi connectivity index (χ0n) is 10.6. The largest absolute Gasteiger partial charge is 0.472 e. The fourth-order valence-corrected chi connectivity index (χ4v) is 1.81. The van der Waals surface area contributed by atoms with Gasteiger partial charge >= 0.3 is 5.97 Å². The second-order valence-corrected chi connectivity index (χ2v) is 5.01.